The number of nitrogens with one attached hydrogen (secondary N) is 1. The Labute approximate surface area is 99.7 Å². The lowest BCUT2D eigenvalue weighted by molar-refractivity contribution is 0.415. The molecule has 1 heterocycles. The van der Waals surface area contributed by atoms with Crippen LogP contribution in [0.2, 0.25) is 0 Å². The molecule has 1 saturated heterocycles. The highest BCUT2D eigenvalue weighted by atomic mass is 32.2. The minimum Gasteiger partial charge on any atom is -0.495 e. The second-order valence-corrected chi connectivity index (χ2v) is 6.32. The van der Waals surface area contributed by atoms with Gasteiger partial charge >= 0.3 is 0 Å². The molecule has 0 aliphatic carbocycles. The van der Waals surface area contributed by atoms with Crippen molar-refractivity contribution < 1.29 is 17.5 Å². The molecular formula is C11H14FNO3S. The molecule has 1 aromatic carbocycles. The Morgan fingerprint density at radius 2 is 2.24 bits per heavy atom. The van der Waals surface area contributed by atoms with Crippen LogP contribution in [0.3, 0.4) is 0 Å². The van der Waals surface area contributed by atoms with Crippen LogP contribution >= 0.6 is 0 Å². The molecule has 0 radical (unpaired) electrons. The smallest absolute Gasteiger partial charge is 0.152 e. The zero-order valence-corrected chi connectivity index (χ0v) is 10.3. The van der Waals surface area contributed by atoms with Crippen molar-refractivity contribution in [3.05, 3.63) is 24.0 Å². The molecule has 17 heavy (non-hydrogen) atoms. The van der Waals surface area contributed by atoms with Gasteiger partial charge in [-0.3, -0.25) is 0 Å². The molecule has 0 aromatic heterocycles. The number of rotatable bonds is 3. The van der Waals surface area contributed by atoms with Gasteiger partial charge in [-0.15, -0.1) is 0 Å². The highest BCUT2D eigenvalue weighted by Crippen LogP contribution is 2.27. The van der Waals surface area contributed by atoms with Crippen LogP contribution in [-0.4, -0.2) is 33.1 Å². The topological polar surface area (TPSA) is 55.4 Å². The predicted molar refractivity (Wildman–Crippen MR) is 63.6 cm³/mol. The molecule has 1 unspecified atom stereocenters. The van der Waals surface area contributed by atoms with E-state index in [0.717, 1.165) is 0 Å². The highest BCUT2D eigenvalue weighted by molar-refractivity contribution is 7.91. The zero-order valence-electron chi connectivity index (χ0n) is 9.44. The van der Waals surface area contributed by atoms with Crippen molar-refractivity contribution >= 4 is 15.5 Å². The van der Waals surface area contributed by atoms with E-state index in [0.29, 0.717) is 17.9 Å². The Kier molecular flexibility index (Phi) is 3.24. The third-order valence-electron chi connectivity index (χ3n) is 2.75. The first-order chi connectivity index (χ1) is 8.00. The standard InChI is InChI=1S/C11H14FNO3S/c1-16-11-3-2-8(12)6-10(11)13-9-4-5-17(14,15)7-9/h2-3,6,9,13H,4-5,7H2,1H3. The first kappa shape index (κ1) is 12.2. The van der Waals surface area contributed by atoms with E-state index in [2.05, 4.69) is 5.32 Å². The summed E-state index contributed by atoms with van der Waals surface area (Å²) < 4.78 is 40.8. The molecule has 1 aliphatic heterocycles. The maximum absolute atomic E-state index is 13.1. The van der Waals surface area contributed by atoms with Gasteiger partial charge in [0.05, 0.1) is 24.3 Å². The maximum atomic E-state index is 13.1. The summed E-state index contributed by atoms with van der Waals surface area (Å²) in [4.78, 5) is 0. The molecule has 1 aromatic rings. The van der Waals surface area contributed by atoms with Gasteiger partial charge in [0, 0.05) is 12.1 Å². The molecule has 4 nitrogen and oxygen atoms in total. The second kappa shape index (κ2) is 4.52. The van der Waals surface area contributed by atoms with Crippen molar-refractivity contribution in [2.45, 2.75) is 12.5 Å². The molecule has 1 fully saturated rings. The molecule has 0 saturated carbocycles. The summed E-state index contributed by atoms with van der Waals surface area (Å²) in [5, 5.41) is 3.01. The van der Waals surface area contributed by atoms with Crippen LogP contribution in [0, 0.1) is 5.82 Å². The molecule has 94 valence electrons. The van der Waals surface area contributed by atoms with Gasteiger partial charge in [-0.2, -0.15) is 0 Å². The molecule has 1 N–H and O–H groups in total. The van der Waals surface area contributed by atoms with Crippen LogP contribution in [0.1, 0.15) is 6.42 Å². The van der Waals surface area contributed by atoms with Gasteiger partial charge < -0.3 is 10.1 Å². The summed E-state index contributed by atoms with van der Waals surface area (Å²) in [5.74, 6) is 0.402. The van der Waals surface area contributed by atoms with Gasteiger partial charge in [-0.05, 0) is 18.6 Å². The number of ether oxygens (including phenoxy) is 1. The van der Waals surface area contributed by atoms with E-state index >= 15 is 0 Å². The van der Waals surface area contributed by atoms with Crippen molar-refractivity contribution in [2.24, 2.45) is 0 Å². The van der Waals surface area contributed by atoms with Crippen LogP contribution in [0.4, 0.5) is 10.1 Å². The third kappa shape index (κ3) is 2.88. The Balaban J connectivity index is 2.16. The summed E-state index contributed by atoms with van der Waals surface area (Å²) in [6.07, 6.45) is 0.544. The zero-order chi connectivity index (χ0) is 12.5. The van der Waals surface area contributed by atoms with E-state index in [1.54, 1.807) is 0 Å². The average molecular weight is 259 g/mol. The Morgan fingerprint density at radius 1 is 1.47 bits per heavy atom. The van der Waals surface area contributed by atoms with E-state index in [1.165, 1.54) is 25.3 Å². The van der Waals surface area contributed by atoms with Crippen LogP contribution in [0.25, 0.3) is 0 Å². The Hall–Kier alpha value is -1.30. The van der Waals surface area contributed by atoms with Crippen molar-refractivity contribution in [3.8, 4) is 5.75 Å². The Bertz CT molecular complexity index is 515. The number of halogens is 1. The fourth-order valence-corrected chi connectivity index (χ4v) is 3.60. The average Bonchev–Trinajstić information content (AvgIpc) is 2.58. The van der Waals surface area contributed by atoms with Gasteiger partial charge in [-0.1, -0.05) is 0 Å². The second-order valence-electron chi connectivity index (χ2n) is 4.09. The number of sulfone groups is 1. The largest absolute Gasteiger partial charge is 0.495 e. The van der Waals surface area contributed by atoms with Crippen molar-refractivity contribution in [1.82, 2.24) is 0 Å². The van der Waals surface area contributed by atoms with Crippen LogP contribution in [0.5, 0.6) is 5.75 Å². The number of hydrogen-bond acceptors (Lipinski definition) is 4. The molecule has 0 spiro atoms. The number of hydrogen-bond donors (Lipinski definition) is 1. The first-order valence-electron chi connectivity index (χ1n) is 5.31. The minimum atomic E-state index is -2.94. The van der Waals surface area contributed by atoms with Gasteiger partial charge in [0.25, 0.3) is 0 Å². The maximum Gasteiger partial charge on any atom is 0.152 e. The van der Waals surface area contributed by atoms with Crippen LogP contribution in [-0.2, 0) is 9.84 Å². The summed E-state index contributed by atoms with van der Waals surface area (Å²) in [5.41, 5.74) is 0.495. The third-order valence-corrected chi connectivity index (χ3v) is 4.52. The Morgan fingerprint density at radius 3 is 2.82 bits per heavy atom. The van der Waals surface area contributed by atoms with Gasteiger partial charge in [0.2, 0.25) is 0 Å². The van der Waals surface area contributed by atoms with Gasteiger partial charge in [0.1, 0.15) is 11.6 Å². The lowest BCUT2D eigenvalue weighted by Crippen LogP contribution is -2.21. The SMILES string of the molecule is COc1ccc(F)cc1NC1CCS(=O)(=O)C1. The van der Waals surface area contributed by atoms with Gasteiger partial charge in [0.15, 0.2) is 9.84 Å². The molecule has 0 amide bonds. The molecule has 1 atom stereocenters. The molecular weight excluding hydrogens is 245 g/mol. The number of benzene rings is 1. The minimum absolute atomic E-state index is 0.0899. The normalized spacial score (nSPS) is 22.4. The fourth-order valence-electron chi connectivity index (χ4n) is 1.92. The van der Waals surface area contributed by atoms with Crippen molar-refractivity contribution in [1.29, 1.82) is 0 Å². The lowest BCUT2D eigenvalue weighted by atomic mass is 10.2. The van der Waals surface area contributed by atoms with E-state index in [4.69, 9.17) is 4.74 Å². The summed E-state index contributed by atoms with van der Waals surface area (Å²) in [6.45, 7) is 0. The van der Waals surface area contributed by atoms with Gasteiger partial charge in [-0.25, -0.2) is 12.8 Å². The lowest BCUT2D eigenvalue weighted by Gasteiger charge is -2.15. The molecule has 2 rings (SSSR count). The highest BCUT2D eigenvalue weighted by Gasteiger charge is 2.28. The summed E-state index contributed by atoms with van der Waals surface area (Å²) in [7, 11) is -1.45. The first-order valence-corrected chi connectivity index (χ1v) is 7.13. The monoisotopic (exact) mass is 259 g/mol. The van der Waals surface area contributed by atoms with E-state index in [9.17, 15) is 12.8 Å². The van der Waals surface area contributed by atoms with E-state index < -0.39 is 9.84 Å². The number of methoxy groups -OCH3 is 1. The quantitative estimate of drug-likeness (QED) is 0.892. The van der Waals surface area contributed by atoms with E-state index in [-0.39, 0.29) is 23.4 Å². The summed E-state index contributed by atoms with van der Waals surface area (Å²) >= 11 is 0. The molecule has 0 bridgehead atoms. The van der Waals surface area contributed by atoms with Crippen LogP contribution < -0.4 is 10.1 Å². The number of anilines is 1. The molecule has 1 aliphatic rings. The molecule has 6 heteroatoms. The predicted octanol–water partition coefficient (Wildman–Crippen LogP) is 1.43. The fraction of sp³-hybridized carbons (Fsp3) is 0.455. The van der Waals surface area contributed by atoms with Crippen molar-refractivity contribution in [3.63, 3.8) is 0 Å². The van der Waals surface area contributed by atoms with Crippen LogP contribution in [0.15, 0.2) is 18.2 Å². The van der Waals surface area contributed by atoms with E-state index in [1.807, 2.05) is 0 Å². The summed E-state index contributed by atoms with van der Waals surface area (Å²) in [6, 6.07) is 3.95. The van der Waals surface area contributed by atoms with Crippen molar-refractivity contribution in [2.75, 3.05) is 23.9 Å².